The number of rotatable bonds is 4. The number of ether oxygens (including phenoxy) is 4. The third-order valence-electron chi connectivity index (χ3n) is 6.67. The molecule has 2 heterocycles. The molecule has 0 amide bonds. The maximum atomic E-state index is 11.7. The number of hydrogen-bond acceptors (Lipinski definition) is 15. The van der Waals surface area contributed by atoms with Crippen molar-refractivity contribution in [3.8, 4) is 0 Å². The van der Waals surface area contributed by atoms with Crippen molar-refractivity contribution in [3.63, 3.8) is 0 Å². The molecule has 2 aromatic rings. The summed E-state index contributed by atoms with van der Waals surface area (Å²) in [5.74, 6) is -2.09. The minimum absolute atomic E-state index is 0. The number of hydrogen-bond donors (Lipinski definition) is 2. The number of nitrogen functional groups attached to an aromatic ring is 1. The number of benzene rings is 2. The summed E-state index contributed by atoms with van der Waals surface area (Å²) in [6.45, 7) is 10.1. The average molecular weight is 883 g/mol. The standard InChI is InChI=1S/C14H18BrNO3.C9H10BrNO2.C5H8O2.C4H6O4.C2H3BO2.Na/c1-9-12(14(17)18-2)7-10(15)8-13(9)16-11-3-5-19-6-4-11;1-5-7(9(12)13-2)3-6(10)4-8(5)11;6-5-1-3-7-4-2-5;1-3(5)7-8-4(2)6;1-2(4)5-3;/h7-8,11,16H,3-6H2,1-2H3;3-4H,11H2,1-2H3;1-4H2;1-2H3;1H3;/q;;;;-1;+1. The van der Waals surface area contributed by atoms with Crippen LogP contribution in [0.1, 0.15) is 78.3 Å². The Hall–Kier alpha value is -3.00. The smallest absolute Gasteiger partial charge is 0.793 e. The van der Waals surface area contributed by atoms with Gasteiger partial charge in [-0.05, 0) is 62.1 Å². The van der Waals surface area contributed by atoms with Crippen LogP contribution in [0.5, 0.6) is 0 Å². The second-order valence-corrected chi connectivity index (χ2v) is 12.5. The molecule has 0 bridgehead atoms. The first-order valence-corrected chi connectivity index (χ1v) is 17.2. The van der Waals surface area contributed by atoms with Crippen LogP contribution < -0.4 is 40.6 Å². The van der Waals surface area contributed by atoms with Gasteiger partial charge < -0.3 is 42.7 Å². The number of carbonyl (C=O) groups excluding carboxylic acids is 6. The quantitative estimate of drug-likeness (QED) is 0.149. The van der Waals surface area contributed by atoms with Gasteiger partial charge in [0.25, 0.3) is 0 Å². The van der Waals surface area contributed by atoms with E-state index in [4.69, 9.17) is 19.9 Å². The van der Waals surface area contributed by atoms with Crippen LogP contribution in [0.3, 0.4) is 0 Å². The van der Waals surface area contributed by atoms with Gasteiger partial charge in [0.1, 0.15) is 5.78 Å². The first-order chi connectivity index (χ1) is 24.5. The van der Waals surface area contributed by atoms with Crippen LogP contribution in [0.2, 0.25) is 0 Å². The van der Waals surface area contributed by atoms with Crippen molar-refractivity contribution < 1.29 is 91.7 Å². The maximum absolute atomic E-state index is 11.7. The predicted molar refractivity (Wildman–Crippen MR) is 198 cm³/mol. The van der Waals surface area contributed by atoms with E-state index in [9.17, 15) is 28.8 Å². The Morgan fingerprint density at radius 3 is 1.55 bits per heavy atom. The fourth-order valence-electron chi connectivity index (χ4n) is 3.95. The summed E-state index contributed by atoms with van der Waals surface area (Å²) in [7, 11) is 7.06. The SMILES string of the molecule is CC(=O)OOC(C)=O.COC(=O)c1cc(Br)cc(N)c1C.COC(=O)c1cc(Br)cc(NC2CCOCC2)c1C.O=C1CCOCC1.[B-]OC(C)=O.[Na+]. The summed E-state index contributed by atoms with van der Waals surface area (Å²) < 4.78 is 24.9. The Morgan fingerprint density at radius 2 is 1.17 bits per heavy atom. The van der Waals surface area contributed by atoms with Gasteiger partial charge in [0.05, 0.1) is 38.6 Å². The average Bonchev–Trinajstić information content (AvgIpc) is 3.11. The van der Waals surface area contributed by atoms with E-state index >= 15 is 0 Å². The molecule has 2 fully saturated rings. The first kappa shape index (κ1) is 52.1. The maximum Gasteiger partial charge on any atom is 1.00 e. The summed E-state index contributed by atoms with van der Waals surface area (Å²) in [6.07, 6.45) is 3.22. The Kier molecular flexibility index (Phi) is 28.9. The van der Waals surface area contributed by atoms with Crippen molar-refractivity contribution in [1.82, 2.24) is 0 Å². The molecule has 0 aromatic heterocycles. The van der Waals surface area contributed by atoms with E-state index in [-0.39, 0.29) is 41.5 Å². The van der Waals surface area contributed by atoms with Crippen LogP contribution in [-0.2, 0) is 52.6 Å². The topological polar surface area (TPSA) is 205 Å². The van der Waals surface area contributed by atoms with Crippen molar-refractivity contribution >= 4 is 86.9 Å². The first-order valence-electron chi connectivity index (χ1n) is 15.7. The number of ketones is 1. The third kappa shape index (κ3) is 23.4. The molecular weight excluding hydrogens is 838 g/mol. The molecule has 4 rings (SSSR count). The summed E-state index contributed by atoms with van der Waals surface area (Å²) in [5.41, 5.74) is 9.98. The number of methoxy groups -OCH3 is 2. The van der Waals surface area contributed by atoms with Crippen LogP contribution >= 0.6 is 31.9 Å². The zero-order valence-electron chi connectivity index (χ0n) is 31.3. The number of carbonyl (C=O) groups is 6. The molecule has 287 valence electrons. The van der Waals surface area contributed by atoms with Crippen LogP contribution in [-0.4, -0.2) is 90.4 Å². The van der Waals surface area contributed by atoms with Crippen LogP contribution in [0.4, 0.5) is 11.4 Å². The molecule has 2 aliphatic heterocycles. The van der Waals surface area contributed by atoms with E-state index in [1.165, 1.54) is 21.1 Å². The zero-order valence-corrected chi connectivity index (χ0v) is 36.4. The van der Waals surface area contributed by atoms with Gasteiger partial charge in [-0.1, -0.05) is 31.9 Å². The number of Topliss-reactive ketones (excluding diaryl/α,β-unsaturated/α-hetero) is 1. The monoisotopic (exact) mass is 881 g/mol. The van der Waals surface area contributed by atoms with E-state index in [0.717, 1.165) is 65.7 Å². The molecule has 3 N–H and O–H groups in total. The van der Waals surface area contributed by atoms with Gasteiger partial charge in [-0.15, -0.1) is 0 Å². The van der Waals surface area contributed by atoms with Crippen molar-refractivity contribution in [1.29, 1.82) is 0 Å². The van der Waals surface area contributed by atoms with Gasteiger partial charge in [0.2, 0.25) is 5.97 Å². The van der Waals surface area contributed by atoms with Crippen molar-refractivity contribution in [2.75, 3.05) is 51.7 Å². The normalized spacial score (nSPS) is 13.0. The summed E-state index contributed by atoms with van der Waals surface area (Å²) in [6, 6.07) is 7.62. The molecule has 0 unspecified atom stereocenters. The van der Waals surface area contributed by atoms with E-state index < -0.39 is 17.9 Å². The Bertz CT molecular complexity index is 1490. The fraction of sp³-hybridized carbons (Fsp3) is 0.471. The predicted octanol–water partition coefficient (Wildman–Crippen LogP) is 2.29. The summed E-state index contributed by atoms with van der Waals surface area (Å²) in [4.78, 5) is 70.2. The van der Waals surface area contributed by atoms with Crippen LogP contribution in [0.15, 0.2) is 33.2 Å². The number of nitrogens with two attached hydrogens (primary N) is 1. The molecule has 2 aromatic carbocycles. The molecule has 2 aliphatic rings. The van der Waals surface area contributed by atoms with Gasteiger partial charge in [-0.2, -0.15) is 0 Å². The zero-order chi connectivity index (χ0) is 39.8. The number of esters is 2. The third-order valence-corrected chi connectivity index (χ3v) is 7.59. The second-order valence-electron chi connectivity index (χ2n) is 10.7. The molecule has 0 aliphatic carbocycles. The molecule has 0 spiro atoms. The van der Waals surface area contributed by atoms with Crippen molar-refractivity contribution in [2.24, 2.45) is 0 Å². The summed E-state index contributed by atoms with van der Waals surface area (Å²) in [5, 5.41) is 3.49. The molecule has 19 heteroatoms. The molecule has 3 radical (unpaired) electrons. The number of nitrogens with one attached hydrogen (secondary N) is 1. The van der Waals surface area contributed by atoms with Gasteiger partial charge >= 0.3 is 53.4 Å². The molecular formula is C34H45BBr2N2NaO13. The minimum Gasteiger partial charge on any atom is -0.793 e. The van der Waals surface area contributed by atoms with Crippen molar-refractivity contribution in [3.05, 3.63) is 55.5 Å². The van der Waals surface area contributed by atoms with Gasteiger partial charge in [-0.25, -0.2) is 29.0 Å². The van der Waals surface area contributed by atoms with Crippen LogP contribution in [0.25, 0.3) is 0 Å². The van der Waals surface area contributed by atoms with E-state index in [1.807, 2.05) is 13.0 Å². The van der Waals surface area contributed by atoms with E-state index in [1.54, 1.807) is 25.1 Å². The van der Waals surface area contributed by atoms with E-state index in [2.05, 4.69) is 64.4 Å². The second kappa shape index (κ2) is 29.4. The summed E-state index contributed by atoms with van der Waals surface area (Å²) >= 11 is 6.69. The Morgan fingerprint density at radius 1 is 0.755 bits per heavy atom. The van der Waals surface area contributed by atoms with E-state index in [0.29, 0.717) is 54.7 Å². The Balaban J connectivity index is 0. The number of anilines is 2. The van der Waals surface area contributed by atoms with Gasteiger partial charge in [-0.3, -0.25) is 9.59 Å². The number of halogens is 2. The minimum atomic E-state index is -0.639. The van der Waals surface area contributed by atoms with Gasteiger partial charge in [0.15, 0.2) is 0 Å². The largest absolute Gasteiger partial charge is 1.00 e. The van der Waals surface area contributed by atoms with Crippen LogP contribution in [0, 0.1) is 13.8 Å². The molecule has 15 nitrogen and oxygen atoms in total. The van der Waals surface area contributed by atoms with Gasteiger partial charge in [0, 0.05) is 73.2 Å². The molecule has 2 saturated heterocycles. The molecule has 53 heavy (non-hydrogen) atoms. The molecule has 0 atom stereocenters. The molecule has 0 saturated carbocycles. The fourth-order valence-corrected chi connectivity index (χ4v) is 4.88. The van der Waals surface area contributed by atoms with Crippen molar-refractivity contribution in [2.45, 2.75) is 66.3 Å². The Labute approximate surface area is 349 Å².